The first-order valence-electron chi connectivity index (χ1n) is 15.5. The first kappa shape index (κ1) is 37.1. The maximum atomic E-state index is 14.4. The van der Waals surface area contributed by atoms with Crippen molar-refractivity contribution in [2.45, 2.75) is 102 Å². The van der Waals surface area contributed by atoms with Crippen LogP contribution >= 0.6 is 0 Å². The number of aryl methyl sites for hydroxylation is 1. The Balaban J connectivity index is 2.14. The van der Waals surface area contributed by atoms with Gasteiger partial charge >= 0.3 is 11.9 Å². The fourth-order valence-corrected chi connectivity index (χ4v) is 7.31. The van der Waals surface area contributed by atoms with Crippen molar-refractivity contribution in [2.24, 2.45) is 0 Å². The topological polar surface area (TPSA) is 99.2 Å². The van der Waals surface area contributed by atoms with Gasteiger partial charge in [0.15, 0.2) is 8.32 Å². The van der Waals surface area contributed by atoms with Crippen LogP contribution in [0.1, 0.15) is 70.8 Å². The first-order valence-corrected chi connectivity index (χ1v) is 19.9. The lowest BCUT2D eigenvalue weighted by Crippen LogP contribution is -2.51. The Kier molecular flexibility index (Phi) is 12.2. The summed E-state index contributed by atoms with van der Waals surface area (Å²) in [5.74, 6) is -1.58. The normalized spacial score (nSPS) is 14.0. The lowest BCUT2D eigenvalue weighted by Gasteiger charge is -2.41. The van der Waals surface area contributed by atoms with Crippen molar-refractivity contribution in [3.8, 4) is 0 Å². The summed E-state index contributed by atoms with van der Waals surface area (Å²) in [6, 6.07) is 23.4. The molecule has 0 N–H and O–H groups in total. The average Bonchev–Trinajstić information content (AvgIpc) is 2.97. The summed E-state index contributed by atoms with van der Waals surface area (Å²) in [7, 11) is -6.85. The molecule has 0 saturated carbocycles. The highest BCUT2D eigenvalue weighted by Gasteiger charge is 2.44. The molecule has 0 aliphatic heterocycles. The molecule has 0 amide bonds. The van der Waals surface area contributed by atoms with E-state index < -0.39 is 54.6 Å². The second kappa shape index (κ2) is 15.1. The highest BCUT2D eigenvalue weighted by molar-refractivity contribution is 7.89. The van der Waals surface area contributed by atoms with Gasteiger partial charge in [0.05, 0.1) is 11.0 Å². The molecule has 8 nitrogen and oxygen atoms in total. The smallest absolute Gasteiger partial charge is 0.325 e. The summed E-state index contributed by atoms with van der Waals surface area (Å²) >= 11 is 0. The molecular formula is C36H49NO7SSi. The standard InChI is InChI=1S/C36H49NO7SSi/c1-27-20-22-30(23-21-27)45(40,41)37(25-33(38)42-26-28-16-12-10-13-17-28)31(34(39)43-35(2,3)4)24-32(29-18-14-11-15-19-29)44-46(8,9)36(5,6)7/h10-23,31-32H,24-26H2,1-9H3/t31-,32?/m0/s1. The molecule has 0 radical (unpaired) electrons. The van der Waals surface area contributed by atoms with Crippen molar-refractivity contribution < 1.29 is 31.9 Å². The van der Waals surface area contributed by atoms with E-state index in [1.807, 2.05) is 55.5 Å². The molecule has 0 heterocycles. The van der Waals surface area contributed by atoms with Gasteiger partial charge in [-0.2, -0.15) is 4.31 Å². The van der Waals surface area contributed by atoms with Gasteiger partial charge in [0.1, 0.15) is 24.8 Å². The summed E-state index contributed by atoms with van der Waals surface area (Å²) in [5.41, 5.74) is 1.48. The quantitative estimate of drug-likeness (QED) is 0.137. The third-order valence-corrected chi connectivity index (χ3v) is 14.4. The van der Waals surface area contributed by atoms with Gasteiger partial charge in [-0.05, 0) is 69.1 Å². The Morgan fingerprint density at radius 2 is 1.37 bits per heavy atom. The molecule has 0 fully saturated rings. The van der Waals surface area contributed by atoms with E-state index in [-0.39, 0.29) is 23.0 Å². The van der Waals surface area contributed by atoms with Crippen molar-refractivity contribution >= 4 is 30.3 Å². The van der Waals surface area contributed by atoms with Crippen LogP contribution in [0, 0.1) is 6.92 Å². The predicted octanol–water partition coefficient (Wildman–Crippen LogP) is 7.59. The number of hydrogen-bond acceptors (Lipinski definition) is 7. The number of sulfonamides is 1. The zero-order valence-electron chi connectivity index (χ0n) is 28.6. The van der Waals surface area contributed by atoms with E-state index in [2.05, 4.69) is 33.9 Å². The Labute approximate surface area is 276 Å². The van der Waals surface area contributed by atoms with Gasteiger partial charge in [0.25, 0.3) is 0 Å². The number of carbonyl (C=O) groups excluding carboxylic acids is 2. The number of hydrogen-bond donors (Lipinski definition) is 0. The molecule has 0 saturated heterocycles. The molecule has 0 aromatic heterocycles. The molecule has 0 aliphatic rings. The maximum absolute atomic E-state index is 14.4. The highest BCUT2D eigenvalue weighted by atomic mass is 32.2. The van der Waals surface area contributed by atoms with Gasteiger partial charge in [-0.1, -0.05) is 99.1 Å². The largest absolute Gasteiger partial charge is 0.460 e. The molecule has 1 unspecified atom stereocenters. The fourth-order valence-electron chi connectivity index (χ4n) is 4.48. The molecular weight excluding hydrogens is 619 g/mol. The van der Waals surface area contributed by atoms with E-state index in [4.69, 9.17) is 13.9 Å². The van der Waals surface area contributed by atoms with Crippen molar-refractivity contribution in [2.75, 3.05) is 6.54 Å². The van der Waals surface area contributed by atoms with Crippen molar-refractivity contribution in [1.82, 2.24) is 4.31 Å². The number of benzene rings is 3. The monoisotopic (exact) mass is 667 g/mol. The molecule has 46 heavy (non-hydrogen) atoms. The van der Waals surface area contributed by atoms with Gasteiger partial charge in [-0.25, -0.2) is 8.42 Å². The zero-order chi connectivity index (χ0) is 34.3. The van der Waals surface area contributed by atoms with E-state index in [1.54, 1.807) is 45.0 Å². The molecule has 3 aromatic rings. The zero-order valence-corrected chi connectivity index (χ0v) is 30.4. The molecule has 0 spiro atoms. The van der Waals surface area contributed by atoms with Gasteiger partial charge in [0, 0.05) is 6.42 Å². The summed E-state index contributed by atoms with van der Waals surface area (Å²) in [5, 5.41) is -0.170. The molecule has 3 aromatic carbocycles. The van der Waals surface area contributed by atoms with Crippen LogP contribution in [0.3, 0.4) is 0 Å². The number of esters is 2. The van der Waals surface area contributed by atoms with Crippen LogP contribution in [-0.4, -0.2) is 51.2 Å². The third-order valence-electron chi connectivity index (χ3n) is 8.03. The Morgan fingerprint density at radius 1 is 0.826 bits per heavy atom. The highest BCUT2D eigenvalue weighted by Crippen LogP contribution is 2.41. The number of nitrogens with zero attached hydrogens (tertiary/aromatic N) is 1. The third kappa shape index (κ3) is 10.4. The van der Waals surface area contributed by atoms with Gasteiger partial charge in [0.2, 0.25) is 10.0 Å². The number of carbonyl (C=O) groups is 2. The van der Waals surface area contributed by atoms with Gasteiger partial charge < -0.3 is 13.9 Å². The SMILES string of the molecule is Cc1ccc(S(=O)(=O)N(CC(=O)OCc2ccccc2)[C@@H](CC(O[Si](C)(C)C(C)(C)C)c2ccccc2)C(=O)OC(C)(C)C)cc1. The van der Waals surface area contributed by atoms with Gasteiger partial charge in [-0.15, -0.1) is 0 Å². The van der Waals surface area contributed by atoms with Gasteiger partial charge in [-0.3, -0.25) is 9.59 Å². The molecule has 0 aliphatic carbocycles. The molecule has 250 valence electrons. The molecule has 10 heteroatoms. The van der Waals surface area contributed by atoms with E-state index in [0.29, 0.717) is 0 Å². The van der Waals surface area contributed by atoms with E-state index in [9.17, 15) is 18.0 Å². The molecule has 0 bridgehead atoms. The maximum Gasteiger partial charge on any atom is 0.325 e. The summed E-state index contributed by atoms with van der Waals surface area (Å²) in [6.45, 7) is 16.8. The minimum Gasteiger partial charge on any atom is -0.460 e. The number of rotatable bonds is 13. The average molecular weight is 668 g/mol. The number of ether oxygens (including phenoxy) is 2. The predicted molar refractivity (Wildman–Crippen MR) is 183 cm³/mol. The second-order valence-corrected chi connectivity index (χ2v) is 20.7. The minimum atomic E-state index is -4.41. The lowest BCUT2D eigenvalue weighted by molar-refractivity contribution is -0.161. The van der Waals surface area contributed by atoms with Crippen LogP contribution < -0.4 is 0 Å². The Morgan fingerprint density at radius 3 is 1.89 bits per heavy atom. The fraction of sp³-hybridized carbons (Fsp3) is 0.444. The van der Waals surface area contributed by atoms with Crippen LogP contribution in [0.5, 0.6) is 0 Å². The lowest BCUT2D eigenvalue weighted by atomic mass is 10.0. The first-order chi connectivity index (χ1) is 21.3. The summed E-state index contributed by atoms with van der Waals surface area (Å²) in [4.78, 5) is 27.4. The molecule has 3 rings (SSSR count). The van der Waals surface area contributed by atoms with Crippen LogP contribution in [0.25, 0.3) is 0 Å². The van der Waals surface area contributed by atoms with Crippen molar-refractivity contribution in [1.29, 1.82) is 0 Å². The summed E-state index contributed by atoms with van der Waals surface area (Å²) < 4.78 is 48.0. The Hall–Kier alpha value is -3.31. The van der Waals surface area contributed by atoms with Crippen LogP contribution in [0.15, 0.2) is 89.8 Å². The van der Waals surface area contributed by atoms with E-state index >= 15 is 0 Å². The van der Waals surface area contributed by atoms with E-state index in [1.165, 1.54) is 12.1 Å². The Bertz CT molecular complexity index is 1550. The van der Waals surface area contributed by atoms with E-state index in [0.717, 1.165) is 21.0 Å². The summed E-state index contributed by atoms with van der Waals surface area (Å²) in [6.07, 6.45) is -0.752. The minimum absolute atomic E-state index is 0.0453. The molecule has 2 atom stereocenters. The van der Waals surface area contributed by atoms with Crippen LogP contribution in [0.2, 0.25) is 18.1 Å². The van der Waals surface area contributed by atoms with Crippen LogP contribution in [0.4, 0.5) is 0 Å². The second-order valence-electron chi connectivity index (χ2n) is 14.1. The van der Waals surface area contributed by atoms with Crippen LogP contribution in [-0.2, 0) is 40.1 Å². The van der Waals surface area contributed by atoms with Crippen molar-refractivity contribution in [3.05, 3.63) is 102 Å². The van der Waals surface area contributed by atoms with Crippen molar-refractivity contribution in [3.63, 3.8) is 0 Å².